The fourth-order valence-corrected chi connectivity index (χ4v) is 2.26. The number of carboxylic acid groups (broad SMARTS) is 1. The SMILES string of the molecule is N[C@@H](CSC(=O)c1cccs1)C(=O)O. The lowest BCUT2D eigenvalue weighted by Crippen LogP contribution is -2.32. The highest BCUT2D eigenvalue weighted by molar-refractivity contribution is 8.14. The average Bonchev–Trinajstić information content (AvgIpc) is 2.66. The van der Waals surface area contributed by atoms with Gasteiger partial charge in [0.25, 0.3) is 0 Å². The van der Waals surface area contributed by atoms with E-state index in [0.717, 1.165) is 11.8 Å². The lowest BCUT2D eigenvalue weighted by molar-refractivity contribution is -0.137. The van der Waals surface area contributed by atoms with Crippen molar-refractivity contribution in [3.8, 4) is 0 Å². The molecule has 4 nitrogen and oxygen atoms in total. The van der Waals surface area contributed by atoms with E-state index in [2.05, 4.69) is 0 Å². The summed E-state index contributed by atoms with van der Waals surface area (Å²) in [7, 11) is 0. The molecule has 0 spiro atoms. The van der Waals surface area contributed by atoms with Gasteiger partial charge in [-0.05, 0) is 11.4 Å². The maximum Gasteiger partial charge on any atom is 0.321 e. The van der Waals surface area contributed by atoms with Crippen LogP contribution in [0.5, 0.6) is 0 Å². The maximum absolute atomic E-state index is 11.4. The maximum atomic E-state index is 11.4. The molecule has 0 radical (unpaired) electrons. The zero-order chi connectivity index (χ0) is 10.6. The van der Waals surface area contributed by atoms with Crippen molar-refractivity contribution in [2.45, 2.75) is 6.04 Å². The minimum Gasteiger partial charge on any atom is -0.480 e. The van der Waals surface area contributed by atoms with Gasteiger partial charge in [0.05, 0.1) is 4.88 Å². The second-order valence-corrected chi connectivity index (χ2v) is 4.46. The second-order valence-electron chi connectivity index (χ2n) is 2.52. The van der Waals surface area contributed by atoms with Crippen LogP contribution in [0.3, 0.4) is 0 Å². The first-order chi connectivity index (χ1) is 6.61. The first-order valence-electron chi connectivity index (χ1n) is 3.80. The van der Waals surface area contributed by atoms with Crippen LogP contribution in [-0.4, -0.2) is 28.0 Å². The molecule has 0 aromatic carbocycles. The van der Waals surface area contributed by atoms with E-state index in [-0.39, 0.29) is 10.9 Å². The van der Waals surface area contributed by atoms with Crippen molar-refractivity contribution in [3.05, 3.63) is 22.4 Å². The average molecular weight is 231 g/mol. The Bertz CT molecular complexity index is 323. The fraction of sp³-hybridized carbons (Fsp3) is 0.250. The van der Waals surface area contributed by atoms with Crippen molar-refractivity contribution in [3.63, 3.8) is 0 Å². The molecule has 76 valence electrons. The van der Waals surface area contributed by atoms with Gasteiger partial charge in [0.2, 0.25) is 5.12 Å². The van der Waals surface area contributed by atoms with E-state index in [1.54, 1.807) is 17.5 Å². The molecule has 0 saturated heterocycles. The lowest BCUT2D eigenvalue weighted by atomic mass is 10.4. The Hall–Kier alpha value is -0.850. The summed E-state index contributed by atoms with van der Waals surface area (Å²) in [5.41, 5.74) is 5.25. The molecule has 0 aliphatic rings. The van der Waals surface area contributed by atoms with E-state index in [0.29, 0.717) is 4.88 Å². The van der Waals surface area contributed by atoms with Crippen LogP contribution in [0.2, 0.25) is 0 Å². The monoisotopic (exact) mass is 231 g/mol. The van der Waals surface area contributed by atoms with Crippen LogP contribution in [0.15, 0.2) is 17.5 Å². The minimum atomic E-state index is -1.09. The number of rotatable bonds is 4. The molecule has 1 rings (SSSR count). The molecule has 14 heavy (non-hydrogen) atoms. The van der Waals surface area contributed by atoms with Crippen molar-refractivity contribution in [2.75, 3.05) is 5.75 Å². The molecule has 0 saturated carbocycles. The number of hydrogen-bond donors (Lipinski definition) is 2. The third-order valence-corrected chi connectivity index (χ3v) is 3.44. The van der Waals surface area contributed by atoms with E-state index >= 15 is 0 Å². The molecule has 1 aromatic rings. The Morgan fingerprint density at radius 1 is 1.64 bits per heavy atom. The second kappa shape index (κ2) is 5.14. The van der Waals surface area contributed by atoms with E-state index in [1.165, 1.54) is 11.3 Å². The molecule has 0 aliphatic carbocycles. The van der Waals surface area contributed by atoms with Gasteiger partial charge in [-0.25, -0.2) is 0 Å². The summed E-state index contributed by atoms with van der Waals surface area (Å²) >= 11 is 2.27. The summed E-state index contributed by atoms with van der Waals surface area (Å²) < 4.78 is 0. The standard InChI is InChI=1S/C8H9NO3S2/c9-5(7(10)11)4-14-8(12)6-2-1-3-13-6/h1-3,5H,4,9H2,(H,10,11)/t5-/m0/s1. The normalized spacial score (nSPS) is 12.4. The highest BCUT2D eigenvalue weighted by Gasteiger charge is 2.15. The van der Waals surface area contributed by atoms with E-state index in [1.807, 2.05) is 0 Å². The van der Waals surface area contributed by atoms with Gasteiger partial charge in [-0.15, -0.1) is 11.3 Å². The van der Waals surface area contributed by atoms with Gasteiger partial charge < -0.3 is 10.8 Å². The van der Waals surface area contributed by atoms with Gasteiger partial charge in [0.1, 0.15) is 6.04 Å². The van der Waals surface area contributed by atoms with Crippen molar-refractivity contribution >= 4 is 34.2 Å². The lowest BCUT2D eigenvalue weighted by Gasteiger charge is -2.03. The highest BCUT2D eigenvalue weighted by Crippen LogP contribution is 2.17. The third kappa shape index (κ3) is 3.13. The van der Waals surface area contributed by atoms with E-state index in [4.69, 9.17) is 10.8 Å². The predicted molar refractivity (Wildman–Crippen MR) is 56.7 cm³/mol. The molecule has 0 amide bonds. The van der Waals surface area contributed by atoms with Crippen molar-refractivity contribution in [1.29, 1.82) is 0 Å². The first-order valence-corrected chi connectivity index (χ1v) is 5.67. The van der Waals surface area contributed by atoms with Crippen LogP contribution in [0, 0.1) is 0 Å². The van der Waals surface area contributed by atoms with E-state index in [9.17, 15) is 9.59 Å². The first kappa shape index (κ1) is 11.2. The quantitative estimate of drug-likeness (QED) is 0.809. The van der Waals surface area contributed by atoms with Gasteiger partial charge >= 0.3 is 5.97 Å². The highest BCUT2D eigenvalue weighted by atomic mass is 32.2. The summed E-state index contributed by atoms with van der Waals surface area (Å²) in [5.74, 6) is -0.983. The summed E-state index contributed by atoms with van der Waals surface area (Å²) in [4.78, 5) is 22.3. The van der Waals surface area contributed by atoms with Gasteiger partial charge in [-0.3, -0.25) is 9.59 Å². The number of carbonyl (C=O) groups is 2. The number of carboxylic acids is 1. The van der Waals surface area contributed by atoms with Crippen molar-refractivity contribution in [2.24, 2.45) is 5.73 Å². The number of hydrogen-bond acceptors (Lipinski definition) is 5. The molecule has 6 heteroatoms. The van der Waals surface area contributed by atoms with E-state index < -0.39 is 12.0 Å². The zero-order valence-corrected chi connectivity index (χ0v) is 8.81. The Morgan fingerprint density at radius 2 is 2.36 bits per heavy atom. The van der Waals surface area contributed by atoms with Gasteiger partial charge in [0.15, 0.2) is 0 Å². The van der Waals surface area contributed by atoms with Gasteiger partial charge in [-0.2, -0.15) is 0 Å². The number of thioether (sulfide) groups is 1. The van der Waals surface area contributed by atoms with Crippen molar-refractivity contribution < 1.29 is 14.7 Å². The molecule has 1 atom stereocenters. The number of nitrogens with two attached hydrogens (primary N) is 1. The van der Waals surface area contributed by atoms with Crippen molar-refractivity contribution in [1.82, 2.24) is 0 Å². The zero-order valence-electron chi connectivity index (χ0n) is 7.17. The topological polar surface area (TPSA) is 80.4 Å². The summed E-state index contributed by atoms with van der Waals surface area (Å²) in [6.07, 6.45) is 0. The van der Waals surface area contributed by atoms with Gasteiger partial charge in [-0.1, -0.05) is 17.8 Å². The number of carbonyl (C=O) groups excluding carboxylic acids is 1. The summed E-state index contributed by atoms with van der Waals surface area (Å²) in [5, 5.41) is 10.1. The Balaban J connectivity index is 2.40. The largest absolute Gasteiger partial charge is 0.480 e. The Kier molecular flexibility index (Phi) is 4.12. The molecule has 0 aliphatic heterocycles. The fourth-order valence-electron chi connectivity index (χ4n) is 0.703. The molecule has 1 heterocycles. The molecular formula is C8H9NO3S2. The molecule has 0 bridgehead atoms. The van der Waals surface area contributed by atoms with Crippen LogP contribution in [-0.2, 0) is 4.79 Å². The molecule has 3 N–H and O–H groups in total. The molecule has 1 aromatic heterocycles. The minimum absolute atomic E-state index is 0.103. The number of thiophene rings is 1. The molecular weight excluding hydrogens is 222 g/mol. The predicted octanol–water partition coefficient (Wildman–Crippen LogP) is 1.03. The van der Waals surface area contributed by atoms with Crippen LogP contribution in [0.25, 0.3) is 0 Å². The molecule has 0 fully saturated rings. The van der Waals surface area contributed by atoms with Crippen LogP contribution in [0.4, 0.5) is 0 Å². The Morgan fingerprint density at radius 3 is 2.86 bits per heavy atom. The van der Waals surface area contributed by atoms with Gasteiger partial charge in [0, 0.05) is 5.75 Å². The smallest absolute Gasteiger partial charge is 0.321 e. The third-order valence-electron chi connectivity index (χ3n) is 1.43. The molecule has 0 unspecified atom stereocenters. The van der Waals surface area contributed by atoms with Crippen LogP contribution in [0.1, 0.15) is 9.67 Å². The Labute approximate surface area is 89.1 Å². The van der Waals surface area contributed by atoms with Crippen LogP contribution < -0.4 is 5.73 Å². The van der Waals surface area contributed by atoms with Crippen LogP contribution >= 0.6 is 23.1 Å². The summed E-state index contributed by atoms with van der Waals surface area (Å²) in [6, 6.07) is 2.49. The number of aliphatic carboxylic acids is 1. The summed E-state index contributed by atoms with van der Waals surface area (Å²) in [6.45, 7) is 0.